The van der Waals surface area contributed by atoms with Crippen LogP contribution in [0.3, 0.4) is 0 Å². The molecule has 0 aliphatic heterocycles. The summed E-state index contributed by atoms with van der Waals surface area (Å²) < 4.78 is 7.41. The number of pyridine rings is 1. The molecule has 0 aliphatic rings. The van der Waals surface area contributed by atoms with Crippen molar-refractivity contribution in [2.24, 2.45) is 0 Å². The number of nitrogens with zero attached hydrogens (tertiary/aromatic N) is 6. The molecule has 0 saturated heterocycles. The Morgan fingerprint density at radius 2 is 2.00 bits per heavy atom. The third kappa shape index (κ3) is 3.86. The number of aryl methyl sites for hydroxylation is 1. The lowest BCUT2D eigenvalue weighted by Crippen LogP contribution is -2.00. The molecule has 3 aromatic heterocycles. The Morgan fingerprint density at radius 3 is 2.79 bits per heavy atom. The molecule has 3 heterocycles. The maximum absolute atomic E-state index is 5.40. The SMILES string of the molecule is C=CCn1c(SCc2nc(-c3cccc(C)c3)no2)nnc1-c1ccncc1. The van der Waals surface area contributed by atoms with E-state index in [1.54, 1.807) is 12.4 Å². The Hall–Kier alpha value is -3.26. The van der Waals surface area contributed by atoms with Gasteiger partial charge < -0.3 is 4.52 Å². The summed E-state index contributed by atoms with van der Waals surface area (Å²) in [6.07, 6.45) is 5.29. The summed E-state index contributed by atoms with van der Waals surface area (Å²) in [5, 5.41) is 13.5. The van der Waals surface area contributed by atoms with E-state index < -0.39 is 0 Å². The number of rotatable bonds is 7. The second-order valence-corrected chi connectivity index (χ2v) is 7.05. The summed E-state index contributed by atoms with van der Waals surface area (Å²) in [5.74, 6) is 2.41. The summed E-state index contributed by atoms with van der Waals surface area (Å²) in [7, 11) is 0. The number of aromatic nitrogens is 6. The molecule has 4 aromatic rings. The summed E-state index contributed by atoms with van der Waals surface area (Å²) in [4.78, 5) is 8.54. The first-order valence-electron chi connectivity index (χ1n) is 8.71. The van der Waals surface area contributed by atoms with Crippen molar-refractivity contribution in [3.63, 3.8) is 0 Å². The second kappa shape index (κ2) is 8.18. The van der Waals surface area contributed by atoms with Crippen LogP contribution >= 0.6 is 11.8 Å². The van der Waals surface area contributed by atoms with Crippen molar-refractivity contribution in [1.82, 2.24) is 29.9 Å². The zero-order chi connectivity index (χ0) is 19.3. The topological polar surface area (TPSA) is 82.5 Å². The molecule has 0 saturated carbocycles. The van der Waals surface area contributed by atoms with Gasteiger partial charge in [0, 0.05) is 30.1 Å². The zero-order valence-electron chi connectivity index (χ0n) is 15.3. The zero-order valence-corrected chi connectivity index (χ0v) is 16.1. The van der Waals surface area contributed by atoms with Gasteiger partial charge >= 0.3 is 0 Å². The van der Waals surface area contributed by atoms with Crippen LogP contribution in [0.5, 0.6) is 0 Å². The van der Waals surface area contributed by atoms with E-state index in [0.717, 1.165) is 27.7 Å². The van der Waals surface area contributed by atoms with E-state index in [-0.39, 0.29) is 0 Å². The Morgan fingerprint density at radius 1 is 1.14 bits per heavy atom. The normalized spacial score (nSPS) is 10.9. The Balaban J connectivity index is 1.53. The lowest BCUT2D eigenvalue weighted by Gasteiger charge is -2.06. The predicted molar refractivity (Wildman–Crippen MR) is 107 cm³/mol. The van der Waals surface area contributed by atoms with Crippen LogP contribution in [-0.4, -0.2) is 29.9 Å². The first kappa shape index (κ1) is 18.1. The fourth-order valence-electron chi connectivity index (χ4n) is 2.74. The minimum absolute atomic E-state index is 0.504. The Labute approximate surface area is 166 Å². The summed E-state index contributed by atoms with van der Waals surface area (Å²) in [6, 6.07) is 11.8. The maximum Gasteiger partial charge on any atom is 0.237 e. The molecule has 140 valence electrons. The number of thioether (sulfide) groups is 1. The average molecular weight is 390 g/mol. The molecular formula is C20H18N6OS. The van der Waals surface area contributed by atoms with Gasteiger partial charge in [-0.05, 0) is 25.1 Å². The quantitative estimate of drug-likeness (QED) is 0.346. The molecule has 28 heavy (non-hydrogen) atoms. The highest BCUT2D eigenvalue weighted by Gasteiger charge is 2.15. The van der Waals surface area contributed by atoms with Crippen molar-refractivity contribution >= 4 is 11.8 Å². The second-order valence-electron chi connectivity index (χ2n) is 6.11. The molecule has 1 aromatic carbocycles. The third-order valence-corrected chi connectivity index (χ3v) is 4.99. The minimum Gasteiger partial charge on any atom is -0.338 e. The van der Waals surface area contributed by atoms with Crippen molar-refractivity contribution < 1.29 is 4.52 Å². The van der Waals surface area contributed by atoms with Gasteiger partial charge in [-0.1, -0.05) is 46.8 Å². The summed E-state index contributed by atoms with van der Waals surface area (Å²) >= 11 is 1.50. The van der Waals surface area contributed by atoms with E-state index in [0.29, 0.717) is 24.0 Å². The van der Waals surface area contributed by atoms with Crippen molar-refractivity contribution in [1.29, 1.82) is 0 Å². The van der Waals surface area contributed by atoms with Gasteiger partial charge in [-0.25, -0.2) is 0 Å². The number of benzene rings is 1. The van der Waals surface area contributed by atoms with Gasteiger partial charge in [0.15, 0.2) is 11.0 Å². The van der Waals surface area contributed by atoms with Crippen LogP contribution < -0.4 is 0 Å². The van der Waals surface area contributed by atoms with Crippen molar-refractivity contribution in [3.8, 4) is 22.8 Å². The molecule has 0 bridgehead atoms. The highest BCUT2D eigenvalue weighted by atomic mass is 32.2. The van der Waals surface area contributed by atoms with Gasteiger partial charge in [0.05, 0.1) is 5.75 Å². The minimum atomic E-state index is 0.504. The average Bonchev–Trinajstić information content (AvgIpc) is 3.35. The fourth-order valence-corrected chi connectivity index (χ4v) is 3.53. The van der Waals surface area contributed by atoms with E-state index >= 15 is 0 Å². The molecule has 4 rings (SSSR count). The highest BCUT2D eigenvalue weighted by molar-refractivity contribution is 7.98. The summed E-state index contributed by atoms with van der Waals surface area (Å²) in [6.45, 7) is 6.47. The summed E-state index contributed by atoms with van der Waals surface area (Å²) in [5.41, 5.74) is 3.05. The van der Waals surface area contributed by atoms with Crippen LogP contribution in [0.1, 0.15) is 11.5 Å². The molecular weight excluding hydrogens is 372 g/mol. The Bertz CT molecular complexity index is 1090. The predicted octanol–water partition coefficient (Wildman–Crippen LogP) is 4.18. The molecule has 0 fully saturated rings. The maximum atomic E-state index is 5.40. The first-order valence-corrected chi connectivity index (χ1v) is 9.70. The van der Waals surface area contributed by atoms with Crippen LogP contribution in [0.25, 0.3) is 22.8 Å². The fraction of sp³-hybridized carbons (Fsp3) is 0.150. The van der Waals surface area contributed by atoms with Crippen molar-refractivity contribution in [3.05, 3.63) is 72.9 Å². The van der Waals surface area contributed by atoms with Crippen LogP contribution in [-0.2, 0) is 12.3 Å². The van der Waals surface area contributed by atoms with Gasteiger partial charge in [0.2, 0.25) is 11.7 Å². The molecule has 0 spiro atoms. The van der Waals surface area contributed by atoms with Gasteiger partial charge in [0.25, 0.3) is 0 Å². The van der Waals surface area contributed by atoms with Crippen molar-refractivity contribution in [2.75, 3.05) is 0 Å². The van der Waals surface area contributed by atoms with Crippen LogP contribution in [0.2, 0.25) is 0 Å². The number of allylic oxidation sites excluding steroid dienone is 1. The number of hydrogen-bond donors (Lipinski definition) is 0. The molecule has 0 radical (unpaired) electrons. The monoisotopic (exact) mass is 390 g/mol. The molecule has 0 aliphatic carbocycles. The van der Waals surface area contributed by atoms with Crippen molar-refractivity contribution in [2.45, 2.75) is 24.4 Å². The molecule has 7 nitrogen and oxygen atoms in total. The standard InChI is InChI=1S/C20H18N6OS/c1-3-11-26-19(15-7-9-21-10-8-15)23-24-20(26)28-13-17-22-18(25-27-17)16-6-4-5-14(2)12-16/h3-10,12H,1,11,13H2,2H3. The van der Waals surface area contributed by atoms with E-state index in [1.165, 1.54) is 11.8 Å². The van der Waals surface area contributed by atoms with Gasteiger partial charge in [0.1, 0.15) is 0 Å². The van der Waals surface area contributed by atoms with Crippen LogP contribution in [0.15, 0.2) is 71.1 Å². The lowest BCUT2D eigenvalue weighted by molar-refractivity contribution is 0.391. The first-order chi connectivity index (χ1) is 13.7. The highest BCUT2D eigenvalue weighted by Crippen LogP contribution is 2.26. The Kier molecular flexibility index (Phi) is 5.29. The molecule has 0 N–H and O–H groups in total. The lowest BCUT2D eigenvalue weighted by atomic mass is 10.1. The molecule has 0 amide bonds. The smallest absolute Gasteiger partial charge is 0.237 e. The molecule has 8 heteroatoms. The van der Waals surface area contributed by atoms with E-state index in [4.69, 9.17) is 4.52 Å². The van der Waals surface area contributed by atoms with E-state index in [2.05, 4.69) is 31.9 Å². The van der Waals surface area contributed by atoms with Crippen LogP contribution in [0.4, 0.5) is 0 Å². The van der Waals surface area contributed by atoms with E-state index in [9.17, 15) is 0 Å². The van der Waals surface area contributed by atoms with Crippen LogP contribution in [0, 0.1) is 6.92 Å². The van der Waals surface area contributed by atoms with Gasteiger partial charge in [-0.2, -0.15) is 4.98 Å². The largest absolute Gasteiger partial charge is 0.338 e. The van der Waals surface area contributed by atoms with E-state index in [1.807, 2.05) is 54.0 Å². The van der Waals surface area contributed by atoms with Gasteiger partial charge in [-0.3, -0.25) is 9.55 Å². The molecule has 0 unspecified atom stereocenters. The van der Waals surface area contributed by atoms with Gasteiger partial charge in [-0.15, -0.1) is 16.8 Å². The molecule has 0 atom stereocenters. The third-order valence-electron chi connectivity index (χ3n) is 4.04. The number of hydrogen-bond acceptors (Lipinski definition) is 7.